The molecule has 0 aliphatic carbocycles. The lowest BCUT2D eigenvalue weighted by molar-refractivity contribution is 0.101. The number of ether oxygens (including phenoxy) is 1. The Labute approximate surface area is 217 Å². The average molecular weight is 522 g/mol. The Balaban J connectivity index is 1.43. The number of sulfonamides is 1. The van der Waals surface area contributed by atoms with E-state index in [-0.39, 0.29) is 16.4 Å². The molecule has 37 heavy (non-hydrogen) atoms. The molecule has 1 heterocycles. The van der Waals surface area contributed by atoms with E-state index in [2.05, 4.69) is 10.6 Å². The van der Waals surface area contributed by atoms with Crippen LogP contribution in [-0.2, 0) is 10.0 Å². The van der Waals surface area contributed by atoms with Crippen molar-refractivity contribution in [2.24, 2.45) is 0 Å². The molecule has 194 valence electrons. The smallest absolute Gasteiger partial charge is 0.255 e. The Kier molecular flexibility index (Phi) is 8.25. The minimum atomic E-state index is -3.65. The molecule has 2 N–H and O–H groups in total. The minimum absolute atomic E-state index is 0.117. The summed E-state index contributed by atoms with van der Waals surface area (Å²) in [4.78, 5) is 25.7. The van der Waals surface area contributed by atoms with Gasteiger partial charge in [0.1, 0.15) is 5.75 Å². The molecular weight excluding hydrogens is 490 g/mol. The number of rotatable bonds is 8. The number of benzene rings is 3. The number of nitrogens with zero attached hydrogens (tertiary/aromatic N) is 1. The first-order valence-electron chi connectivity index (χ1n) is 12.3. The van der Waals surface area contributed by atoms with E-state index in [1.165, 1.54) is 10.4 Å². The van der Waals surface area contributed by atoms with Crippen molar-refractivity contribution in [1.82, 2.24) is 4.31 Å². The van der Waals surface area contributed by atoms with Gasteiger partial charge in [-0.1, -0.05) is 12.5 Å². The fourth-order valence-corrected chi connectivity index (χ4v) is 5.71. The molecule has 3 aromatic carbocycles. The molecule has 1 aliphatic rings. The zero-order chi connectivity index (χ0) is 26.4. The molecule has 2 amide bonds. The minimum Gasteiger partial charge on any atom is -0.494 e. The van der Waals surface area contributed by atoms with E-state index in [1.807, 2.05) is 6.92 Å². The highest BCUT2D eigenvalue weighted by atomic mass is 32.2. The quantitative estimate of drug-likeness (QED) is 0.431. The van der Waals surface area contributed by atoms with Gasteiger partial charge in [-0.25, -0.2) is 8.42 Å². The lowest BCUT2D eigenvalue weighted by atomic mass is 10.1. The van der Waals surface area contributed by atoms with E-state index >= 15 is 0 Å². The number of carbonyl (C=O) groups excluding carboxylic acids is 2. The summed E-state index contributed by atoms with van der Waals surface area (Å²) < 4.78 is 33.0. The summed E-state index contributed by atoms with van der Waals surface area (Å²) in [6.45, 7) is 5.23. The van der Waals surface area contributed by atoms with Crippen LogP contribution in [0.4, 0.5) is 11.4 Å². The second-order valence-corrected chi connectivity index (χ2v) is 10.8. The summed E-state index contributed by atoms with van der Waals surface area (Å²) >= 11 is 0. The number of hydrogen-bond donors (Lipinski definition) is 2. The van der Waals surface area contributed by atoms with Gasteiger partial charge in [0.05, 0.1) is 11.5 Å². The van der Waals surface area contributed by atoms with Crippen molar-refractivity contribution in [2.75, 3.05) is 30.3 Å². The maximum atomic E-state index is 13.1. The van der Waals surface area contributed by atoms with Crippen molar-refractivity contribution in [2.45, 2.75) is 38.0 Å². The average Bonchev–Trinajstić information content (AvgIpc) is 2.91. The van der Waals surface area contributed by atoms with E-state index in [0.717, 1.165) is 25.0 Å². The van der Waals surface area contributed by atoms with Crippen LogP contribution in [0.5, 0.6) is 5.75 Å². The van der Waals surface area contributed by atoms with Gasteiger partial charge >= 0.3 is 0 Å². The molecule has 0 atom stereocenters. The van der Waals surface area contributed by atoms with Crippen molar-refractivity contribution in [3.63, 3.8) is 0 Å². The first-order chi connectivity index (χ1) is 17.8. The highest BCUT2D eigenvalue weighted by Gasteiger charge is 2.27. The fraction of sp³-hybridized carbons (Fsp3) is 0.286. The molecule has 1 saturated heterocycles. The van der Waals surface area contributed by atoms with Crippen LogP contribution in [0.25, 0.3) is 0 Å². The number of anilines is 2. The van der Waals surface area contributed by atoms with Crippen LogP contribution >= 0.6 is 0 Å². The van der Waals surface area contributed by atoms with Gasteiger partial charge in [-0.3, -0.25) is 9.59 Å². The summed E-state index contributed by atoms with van der Waals surface area (Å²) in [5, 5.41) is 5.62. The van der Waals surface area contributed by atoms with E-state index in [9.17, 15) is 18.0 Å². The van der Waals surface area contributed by atoms with Crippen LogP contribution in [0.2, 0.25) is 0 Å². The van der Waals surface area contributed by atoms with Gasteiger partial charge in [-0.05, 0) is 92.9 Å². The van der Waals surface area contributed by atoms with Crippen molar-refractivity contribution in [3.05, 3.63) is 83.4 Å². The standard InChI is InChI=1S/C28H31N3O5S/c1-3-36-24-14-12-23(13-15-24)29-27(32)21-8-10-22(11-9-21)30-28(33)26-19-25(16-7-20(26)2)37(34,35)31-17-5-4-6-18-31/h7-16,19H,3-6,17-18H2,1-2H3,(H,29,32)(H,30,33). The van der Waals surface area contributed by atoms with E-state index < -0.39 is 15.9 Å². The molecule has 9 heteroatoms. The molecule has 3 aromatic rings. The highest BCUT2D eigenvalue weighted by molar-refractivity contribution is 7.89. The molecule has 0 radical (unpaired) electrons. The molecule has 0 saturated carbocycles. The third-order valence-electron chi connectivity index (χ3n) is 6.23. The van der Waals surface area contributed by atoms with E-state index in [1.54, 1.807) is 67.6 Å². The number of hydrogen-bond acceptors (Lipinski definition) is 5. The van der Waals surface area contributed by atoms with Gasteiger partial charge in [0.15, 0.2) is 0 Å². The SMILES string of the molecule is CCOc1ccc(NC(=O)c2ccc(NC(=O)c3cc(S(=O)(=O)N4CCCCC4)ccc3C)cc2)cc1. The summed E-state index contributed by atoms with van der Waals surface area (Å²) in [7, 11) is -3.65. The maximum absolute atomic E-state index is 13.1. The summed E-state index contributed by atoms with van der Waals surface area (Å²) in [6, 6.07) is 18.2. The molecule has 0 bridgehead atoms. The second kappa shape index (κ2) is 11.6. The molecule has 1 fully saturated rings. The molecule has 0 unspecified atom stereocenters. The van der Waals surface area contributed by atoms with Crippen LogP contribution in [0.1, 0.15) is 52.5 Å². The Hall–Kier alpha value is -3.69. The normalized spacial score (nSPS) is 14.1. The monoisotopic (exact) mass is 521 g/mol. The zero-order valence-electron chi connectivity index (χ0n) is 21.0. The van der Waals surface area contributed by atoms with Crippen LogP contribution in [0.15, 0.2) is 71.6 Å². The van der Waals surface area contributed by atoms with Crippen LogP contribution in [-0.4, -0.2) is 44.2 Å². The largest absolute Gasteiger partial charge is 0.494 e. The van der Waals surface area contributed by atoms with Gasteiger partial charge in [0.25, 0.3) is 11.8 Å². The molecule has 4 rings (SSSR count). The number of nitrogens with one attached hydrogen (secondary N) is 2. The van der Waals surface area contributed by atoms with E-state index in [4.69, 9.17) is 4.74 Å². The Morgan fingerprint density at radius 3 is 2.05 bits per heavy atom. The van der Waals surface area contributed by atoms with Crippen molar-refractivity contribution >= 4 is 33.2 Å². The Morgan fingerprint density at radius 2 is 1.43 bits per heavy atom. The Bertz CT molecular complexity index is 1360. The lowest BCUT2D eigenvalue weighted by Gasteiger charge is -2.26. The van der Waals surface area contributed by atoms with Crippen molar-refractivity contribution < 1.29 is 22.7 Å². The van der Waals surface area contributed by atoms with Crippen molar-refractivity contribution in [3.8, 4) is 5.75 Å². The lowest BCUT2D eigenvalue weighted by Crippen LogP contribution is -2.35. The molecule has 0 aromatic heterocycles. The topological polar surface area (TPSA) is 105 Å². The molecule has 0 spiro atoms. The van der Waals surface area contributed by atoms with Crippen molar-refractivity contribution in [1.29, 1.82) is 0 Å². The van der Waals surface area contributed by atoms with Gasteiger partial charge < -0.3 is 15.4 Å². The predicted molar refractivity (Wildman–Crippen MR) is 144 cm³/mol. The molecule has 8 nitrogen and oxygen atoms in total. The van der Waals surface area contributed by atoms with Gasteiger partial charge in [-0.15, -0.1) is 0 Å². The number of carbonyl (C=O) groups is 2. The third-order valence-corrected chi connectivity index (χ3v) is 8.13. The third kappa shape index (κ3) is 6.36. The fourth-order valence-electron chi connectivity index (χ4n) is 4.17. The number of aryl methyl sites for hydroxylation is 1. The molecule has 1 aliphatic heterocycles. The van der Waals surface area contributed by atoms with Gasteiger partial charge in [-0.2, -0.15) is 4.31 Å². The molecular formula is C28H31N3O5S. The summed E-state index contributed by atoms with van der Waals surface area (Å²) in [5.41, 5.74) is 2.52. The summed E-state index contributed by atoms with van der Waals surface area (Å²) in [6.07, 6.45) is 2.70. The first-order valence-corrected chi connectivity index (χ1v) is 13.8. The zero-order valence-corrected chi connectivity index (χ0v) is 21.8. The van der Waals surface area contributed by atoms with Crippen LogP contribution < -0.4 is 15.4 Å². The van der Waals surface area contributed by atoms with Gasteiger partial charge in [0, 0.05) is 35.6 Å². The second-order valence-electron chi connectivity index (χ2n) is 8.88. The van der Waals surface area contributed by atoms with Crippen LogP contribution in [0, 0.1) is 6.92 Å². The Morgan fingerprint density at radius 1 is 0.838 bits per heavy atom. The van der Waals surface area contributed by atoms with Crippen LogP contribution in [0.3, 0.4) is 0 Å². The first kappa shape index (κ1) is 26.4. The number of amides is 2. The van der Waals surface area contributed by atoms with Gasteiger partial charge in [0.2, 0.25) is 10.0 Å². The number of piperidine rings is 1. The van der Waals surface area contributed by atoms with E-state index in [0.29, 0.717) is 42.2 Å². The summed E-state index contributed by atoms with van der Waals surface area (Å²) in [5.74, 6) is 0.0266. The maximum Gasteiger partial charge on any atom is 0.255 e. The highest BCUT2D eigenvalue weighted by Crippen LogP contribution is 2.24. The predicted octanol–water partition coefficient (Wildman–Crippen LogP) is 5.07.